The van der Waals surface area contributed by atoms with Gasteiger partial charge in [0.25, 0.3) is 0 Å². The Kier molecular flexibility index (Phi) is 4.59. The van der Waals surface area contributed by atoms with E-state index in [-0.39, 0.29) is 5.25 Å². The van der Waals surface area contributed by atoms with Crippen LogP contribution in [0.25, 0.3) is 0 Å². The van der Waals surface area contributed by atoms with Gasteiger partial charge in [0, 0.05) is 13.7 Å². The van der Waals surface area contributed by atoms with E-state index < -0.39 is 5.97 Å². The third-order valence-electron chi connectivity index (χ3n) is 2.08. The number of carboxylic acids is 1. The average molecular weight is 204 g/mol. The second-order valence-corrected chi connectivity index (χ2v) is 4.56. The SMILES string of the molecule is COCCCSC(C(=O)O)C1CC1. The maximum atomic E-state index is 10.8. The second-order valence-electron chi connectivity index (χ2n) is 3.31. The van der Waals surface area contributed by atoms with E-state index in [0.29, 0.717) is 5.92 Å². The fourth-order valence-corrected chi connectivity index (χ4v) is 2.45. The number of rotatable bonds is 7. The van der Waals surface area contributed by atoms with Crippen molar-refractivity contribution in [2.24, 2.45) is 5.92 Å². The monoisotopic (exact) mass is 204 g/mol. The minimum Gasteiger partial charge on any atom is -0.480 e. The van der Waals surface area contributed by atoms with Gasteiger partial charge in [0.1, 0.15) is 5.25 Å². The average Bonchev–Trinajstić information content (AvgIpc) is 2.87. The predicted octanol–water partition coefficient (Wildman–Crippen LogP) is 1.62. The molecule has 4 heteroatoms. The molecular weight excluding hydrogens is 188 g/mol. The molecule has 1 unspecified atom stereocenters. The molecule has 0 aliphatic heterocycles. The lowest BCUT2D eigenvalue weighted by atomic mass is 10.3. The summed E-state index contributed by atoms with van der Waals surface area (Å²) in [6.45, 7) is 0.726. The number of methoxy groups -OCH3 is 1. The molecule has 0 aromatic carbocycles. The number of carbonyl (C=O) groups is 1. The van der Waals surface area contributed by atoms with Gasteiger partial charge in [0.05, 0.1) is 0 Å². The molecule has 0 saturated heterocycles. The lowest BCUT2D eigenvalue weighted by Gasteiger charge is -2.09. The van der Waals surface area contributed by atoms with Gasteiger partial charge in [-0.05, 0) is 30.9 Å². The van der Waals surface area contributed by atoms with Crippen LogP contribution in [0.1, 0.15) is 19.3 Å². The van der Waals surface area contributed by atoms with Gasteiger partial charge in [-0.1, -0.05) is 0 Å². The molecule has 1 saturated carbocycles. The normalized spacial score (nSPS) is 18.5. The molecular formula is C9H16O3S. The first-order chi connectivity index (χ1) is 6.25. The van der Waals surface area contributed by atoms with E-state index in [2.05, 4.69) is 0 Å². The fraction of sp³-hybridized carbons (Fsp3) is 0.889. The van der Waals surface area contributed by atoms with Crippen LogP contribution in [0, 0.1) is 5.92 Å². The summed E-state index contributed by atoms with van der Waals surface area (Å²) in [5, 5.41) is 8.72. The van der Waals surface area contributed by atoms with Crippen LogP contribution < -0.4 is 0 Å². The van der Waals surface area contributed by atoms with Crippen molar-refractivity contribution in [3.63, 3.8) is 0 Å². The van der Waals surface area contributed by atoms with Crippen molar-refractivity contribution >= 4 is 17.7 Å². The largest absolute Gasteiger partial charge is 0.480 e. The minimum atomic E-state index is -0.648. The molecule has 1 fully saturated rings. The summed E-state index contributed by atoms with van der Waals surface area (Å²) < 4.78 is 4.90. The van der Waals surface area contributed by atoms with E-state index in [9.17, 15) is 4.79 Å². The number of hydrogen-bond acceptors (Lipinski definition) is 3. The maximum Gasteiger partial charge on any atom is 0.316 e. The molecule has 1 aliphatic carbocycles. The molecule has 0 aromatic heterocycles. The lowest BCUT2D eigenvalue weighted by Crippen LogP contribution is -2.19. The van der Waals surface area contributed by atoms with Gasteiger partial charge < -0.3 is 9.84 Å². The van der Waals surface area contributed by atoms with Gasteiger partial charge in [-0.2, -0.15) is 0 Å². The van der Waals surface area contributed by atoms with Crippen molar-refractivity contribution in [2.45, 2.75) is 24.5 Å². The number of thioether (sulfide) groups is 1. The van der Waals surface area contributed by atoms with Gasteiger partial charge in [-0.25, -0.2) is 0 Å². The van der Waals surface area contributed by atoms with Crippen LogP contribution in [-0.2, 0) is 9.53 Å². The Labute approximate surface area is 82.8 Å². The molecule has 0 spiro atoms. The first-order valence-electron chi connectivity index (χ1n) is 4.59. The van der Waals surface area contributed by atoms with Crippen LogP contribution in [-0.4, -0.2) is 35.8 Å². The first kappa shape index (κ1) is 10.9. The number of hydrogen-bond donors (Lipinski definition) is 1. The molecule has 3 nitrogen and oxygen atoms in total. The van der Waals surface area contributed by atoms with Crippen molar-refractivity contribution < 1.29 is 14.6 Å². The third kappa shape index (κ3) is 4.00. The van der Waals surface area contributed by atoms with E-state index in [1.807, 2.05) is 0 Å². The van der Waals surface area contributed by atoms with E-state index in [1.54, 1.807) is 18.9 Å². The number of aliphatic carboxylic acids is 1. The summed E-state index contributed by atoms with van der Waals surface area (Å²) in [6.07, 6.45) is 3.13. The van der Waals surface area contributed by atoms with Crippen LogP contribution in [0.5, 0.6) is 0 Å². The van der Waals surface area contributed by atoms with Crippen molar-refractivity contribution in [1.82, 2.24) is 0 Å². The number of ether oxygens (including phenoxy) is 1. The van der Waals surface area contributed by atoms with E-state index in [4.69, 9.17) is 9.84 Å². The Balaban J connectivity index is 2.11. The molecule has 0 radical (unpaired) electrons. The summed E-state index contributed by atoms with van der Waals surface area (Å²) in [5.74, 6) is 0.677. The van der Waals surface area contributed by atoms with Crippen LogP contribution in [0.4, 0.5) is 0 Å². The topological polar surface area (TPSA) is 46.5 Å². The van der Waals surface area contributed by atoms with Crippen LogP contribution in [0.15, 0.2) is 0 Å². The van der Waals surface area contributed by atoms with Gasteiger partial charge >= 0.3 is 5.97 Å². The highest BCUT2D eigenvalue weighted by molar-refractivity contribution is 8.00. The Hall–Kier alpha value is -0.220. The van der Waals surface area contributed by atoms with Crippen LogP contribution in [0.3, 0.4) is 0 Å². The molecule has 0 aromatic rings. The smallest absolute Gasteiger partial charge is 0.316 e. The molecule has 1 rings (SSSR count). The molecule has 0 heterocycles. The zero-order valence-electron chi connectivity index (χ0n) is 7.86. The van der Waals surface area contributed by atoms with E-state index in [1.165, 1.54) is 0 Å². The quantitative estimate of drug-likeness (QED) is 0.640. The molecule has 1 aliphatic rings. The van der Waals surface area contributed by atoms with Crippen molar-refractivity contribution in [1.29, 1.82) is 0 Å². The lowest BCUT2D eigenvalue weighted by molar-refractivity contribution is -0.136. The van der Waals surface area contributed by atoms with Crippen molar-refractivity contribution in [3.8, 4) is 0 Å². The highest BCUT2D eigenvalue weighted by Gasteiger charge is 2.36. The Bertz CT molecular complexity index is 168. The fourth-order valence-electron chi connectivity index (χ4n) is 1.22. The van der Waals surface area contributed by atoms with Gasteiger partial charge in [-0.15, -0.1) is 11.8 Å². The molecule has 76 valence electrons. The van der Waals surface area contributed by atoms with Crippen LogP contribution >= 0.6 is 11.8 Å². The van der Waals surface area contributed by atoms with E-state index >= 15 is 0 Å². The van der Waals surface area contributed by atoms with Gasteiger partial charge in [0.15, 0.2) is 0 Å². The minimum absolute atomic E-state index is 0.170. The Morgan fingerprint density at radius 2 is 2.38 bits per heavy atom. The predicted molar refractivity (Wildman–Crippen MR) is 53.1 cm³/mol. The summed E-state index contributed by atoms with van der Waals surface area (Å²) >= 11 is 1.56. The highest BCUT2D eigenvalue weighted by Crippen LogP contribution is 2.39. The first-order valence-corrected chi connectivity index (χ1v) is 5.64. The summed E-state index contributed by atoms with van der Waals surface area (Å²) in [4.78, 5) is 10.8. The zero-order valence-corrected chi connectivity index (χ0v) is 8.68. The Morgan fingerprint density at radius 3 is 2.85 bits per heavy atom. The molecule has 0 amide bonds. The molecule has 0 bridgehead atoms. The third-order valence-corrected chi connectivity index (χ3v) is 3.55. The second kappa shape index (κ2) is 5.50. The standard InChI is InChI=1S/C9H16O3S/c1-12-5-2-6-13-8(9(10)11)7-3-4-7/h7-8H,2-6H2,1H3,(H,10,11). The van der Waals surface area contributed by atoms with Gasteiger partial charge in [-0.3, -0.25) is 4.79 Å². The van der Waals surface area contributed by atoms with Gasteiger partial charge in [0.2, 0.25) is 0 Å². The highest BCUT2D eigenvalue weighted by atomic mass is 32.2. The van der Waals surface area contributed by atoms with Crippen LogP contribution in [0.2, 0.25) is 0 Å². The Morgan fingerprint density at radius 1 is 1.69 bits per heavy atom. The molecule has 1 N–H and O–H groups in total. The summed E-state index contributed by atoms with van der Waals surface area (Å²) in [6, 6.07) is 0. The van der Waals surface area contributed by atoms with E-state index in [0.717, 1.165) is 31.6 Å². The molecule has 1 atom stereocenters. The summed E-state index contributed by atoms with van der Waals surface area (Å²) in [7, 11) is 1.67. The summed E-state index contributed by atoms with van der Waals surface area (Å²) in [5.41, 5.74) is 0. The van der Waals surface area contributed by atoms with Crippen molar-refractivity contribution in [3.05, 3.63) is 0 Å². The number of carboxylic acid groups (broad SMARTS) is 1. The van der Waals surface area contributed by atoms with Crippen molar-refractivity contribution in [2.75, 3.05) is 19.5 Å². The maximum absolute atomic E-state index is 10.8. The zero-order chi connectivity index (χ0) is 9.68. The molecule has 13 heavy (non-hydrogen) atoms.